The zero-order valence-electron chi connectivity index (χ0n) is 20.1. The monoisotopic (exact) mass is 481 g/mol. The SMILES string of the molecule is COc1ccc2c(c1)CCN(C(=O)Cc1cc(=O)[nH]o1)C2C(=O)Nc1ccc(C(C)(C)C)c(F)c1. The van der Waals surface area contributed by atoms with E-state index in [9.17, 15) is 18.8 Å². The molecule has 2 aromatic carbocycles. The molecule has 0 aliphatic carbocycles. The lowest BCUT2D eigenvalue weighted by Gasteiger charge is -2.36. The van der Waals surface area contributed by atoms with Gasteiger partial charge in [-0.25, -0.2) is 4.39 Å². The van der Waals surface area contributed by atoms with Crippen LogP contribution < -0.4 is 15.6 Å². The number of methoxy groups -OCH3 is 1. The summed E-state index contributed by atoms with van der Waals surface area (Å²) in [6.07, 6.45) is 0.344. The summed E-state index contributed by atoms with van der Waals surface area (Å²) in [4.78, 5) is 39.5. The zero-order valence-corrected chi connectivity index (χ0v) is 20.1. The molecule has 2 N–H and O–H groups in total. The van der Waals surface area contributed by atoms with Crippen LogP contribution in [0.25, 0.3) is 0 Å². The van der Waals surface area contributed by atoms with Gasteiger partial charge in [-0.3, -0.25) is 14.4 Å². The van der Waals surface area contributed by atoms with Crippen molar-refractivity contribution in [1.29, 1.82) is 0 Å². The highest BCUT2D eigenvalue weighted by Gasteiger charge is 2.36. The number of benzene rings is 2. The van der Waals surface area contributed by atoms with Gasteiger partial charge in [0.15, 0.2) is 0 Å². The summed E-state index contributed by atoms with van der Waals surface area (Å²) < 4.78 is 25.1. The van der Waals surface area contributed by atoms with Gasteiger partial charge in [0, 0.05) is 18.3 Å². The quantitative estimate of drug-likeness (QED) is 0.578. The van der Waals surface area contributed by atoms with Crippen LogP contribution in [-0.4, -0.2) is 35.5 Å². The molecule has 0 bridgehead atoms. The largest absolute Gasteiger partial charge is 0.497 e. The van der Waals surface area contributed by atoms with Crippen LogP contribution in [0.15, 0.2) is 51.8 Å². The van der Waals surface area contributed by atoms with Crippen LogP contribution in [0.3, 0.4) is 0 Å². The molecule has 1 aliphatic rings. The molecular formula is C26H28FN3O5. The molecule has 0 radical (unpaired) electrons. The third kappa shape index (κ3) is 5.13. The molecule has 0 fully saturated rings. The maximum Gasteiger partial charge on any atom is 0.280 e. The number of halogens is 1. The lowest BCUT2D eigenvalue weighted by atomic mass is 9.86. The third-order valence-corrected chi connectivity index (χ3v) is 6.09. The normalized spacial score (nSPS) is 15.5. The predicted molar refractivity (Wildman–Crippen MR) is 128 cm³/mol. The highest BCUT2D eigenvalue weighted by molar-refractivity contribution is 5.98. The highest BCUT2D eigenvalue weighted by atomic mass is 19.1. The van der Waals surface area contributed by atoms with Gasteiger partial charge in [-0.15, -0.1) is 0 Å². The van der Waals surface area contributed by atoms with Gasteiger partial charge in [-0.2, -0.15) is 5.16 Å². The fraction of sp³-hybridized carbons (Fsp3) is 0.346. The highest BCUT2D eigenvalue weighted by Crippen LogP contribution is 2.34. The van der Waals surface area contributed by atoms with Gasteiger partial charge in [0.05, 0.1) is 13.5 Å². The first-order valence-electron chi connectivity index (χ1n) is 11.3. The molecule has 1 aliphatic heterocycles. The van der Waals surface area contributed by atoms with E-state index in [-0.39, 0.29) is 30.0 Å². The second-order valence-electron chi connectivity index (χ2n) is 9.59. The van der Waals surface area contributed by atoms with Gasteiger partial charge in [-0.1, -0.05) is 32.9 Å². The number of amides is 2. The van der Waals surface area contributed by atoms with E-state index in [2.05, 4.69) is 10.5 Å². The second-order valence-corrected chi connectivity index (χ2v) is 9.59. The number of hydrogen-bond acceptors (Lipinski definition) is 5. The Morgan fingerprint density at radius 1 is 1.20 bits per heavy atom. The minimum atomic E-state index is -0.951. The number of nitrogens with zero attached hydrogens (tertiary/aromatic N) is 1. The topological polar surface area (TPSA) is 105 Å². The maximum atomic E-state index is 14.7. The number of carbonyl (C=O) groups is 2. The molecule has 0 saturated heterocycles. The Kier molecular flexibility index (Phi) is 6.51. The molecule has 8 nitrogen and oxygen atoms in total. The van der Waals surface area contributed by atoms with Crippen LogP contribution in [0, 0.1) is 5.82 Å². The smallest absolute Gasteiger partial charge is 0.280 e. The molecule has 0 saturated carbocycles. The molecule has 3 aromatic rings. The van der Waals surface area contributed by atoms with Crippen LogP contribution >= 0.6 is 0 Å². The first-order chi connectivity index (χ1) is 16.6. The van der Waals surface area contributed by atoms with Gasteiger partial charge in [0.25, 0.3) is 11.5 Å². The first-order valence-corrected chi connectivity index (χ1v) is 11.3. The Balaban J connectivity index is 1.65. The van der Waals surface area contributed by atoms with Crippen molar-refractivity contribution in [3.63, 3.8) is 0 Å². The third-order valence-electron chi connectivity index (χ3n) is 6.09. The zero-order chi connectivity index (χ0) is 25.3. The fourth-order valence-electron chi connectivity index (χ4n) is 4.35. The number of ether oxygens (including phenoxy) is 1. The van der Waals surface area contributed by atoms with Crippen LogP contribution in [0.4, 0.5) is 10.1 Å². The molecule has 184 valence electrons. The van der Waals surface area contributed by atoms with Crippen molar-refractivity contribution in [2.24, 2.45) is 0 Å². The average molecular weight is 482 g/mol. The number of hydrogen-bond donors (Lipinski definition) is 2. The van der Waals surface area contributed by atoms with E-state index < -0.39 is 23.3 Å². The Hall–Kier alpha value is -3.88. The van der Waals surface area contributed by atoms with Crippen molar-refractivity contribution in [2.45, 2.75) is 45.1 Å². The van der Waals surface area contributed by atoms with E-state index in [1.165, 1.54) is 17.0 Å². The molecule has 2 amide bonds. The number of rotatable bonds is 5. The molecular weight excluding hydrogens is 453 g/mol. The second kappa shape index (κ2) is 9.40. The molecule has 9 heteroatoms. The van der Waals surface area contributed by atoms with E-state index in [1.807, 2.05) is 26.8 Å². The van der Waals surface area contributed by atoms with E-state index in [0.29, 0.717) is 29.0 Å². The summed E-state index contributed by atoms with van der Waals surface area (Å²) in [5, 5.41) is 4.93. The fourth-order valence-corrected chi connectivity index (χ4v) is 4.35. The van der Waals surface area contributed by atoms with Crippen LogP contribution in [0.5, 0.6) is 5.75 Å². The van der Waals surface area contributed by atoms with Crippen molar-refractivity contribution in [3.05, 3.63) is 81.1 Å². The van der Waals surface area contributed by atoms with Gasteiger partial charge >= 0.3 is 0 Å². The number of carbonyl (C=O) groups excluding carboxylic acids is 2. The Morgan fingerprint density at radius 2 is 1.97 bits per heavy atom. The number of fused-ring (bicyclic) bond motifs is 1. The molecule has 4 rings (SSSR count). The van der Waals surface area contributed by atoms with Crippen LogP contribution in [-0.2, 0) is 27.8 Å². The maximum absolute atomic E-state index is 14.7. The van der Waals surface area contributed by atoms with E-state index in [4.69, 9.17) is 9.26 Å². The van der Waals surface area contributed by atoms with Crippen LogP contribution in [0.2, 0.25) is 0 Å². The summed E-state index contributed by atoms with van der Waals surface area (Å²) >= 11 is 0. The number of anilines is 1. The molecule has 0 spiro atoms. The standard InChI is InChI=1S/C26H28FN3O5/c1-26(2,3)20-8-5-16(12-21(20)27)28-25(33)24-19-7-6-17(34-4)11-15(19)9-10-30(24)23(32)14-18-13-22(31)29-35-18/h5-8,11-13,24H,9-10,14H2,1-4H3,(H,28,33)(H,29,31). The predicted octanol–water partition coefficient (Wildman–Crippen LogP) is 3.72. The van der Waals surface area contributed by atoms with Crippen molar-refractivity contribution in [3.8, 4) is 5.75 Å². The summed E-state index contributed by atoms with van der Waals surface area (Å²) in [5.74, 6) is -0.429. The van der Waals surface area contributed by atoms with E-state index in [1.54, 1.807) is 31.4 Å². The molecule has 1 unspecified atom stereocenters. The Labute approximate surface area is 202 Å². The number of nitrogens with one attached hydrogen (secondary N) is 2. The summed E-state index contributed by atoms with van der Waals surface area (Å²) in [7, 11) is 1.56. The summed E-state index contributed by atoms with van der Waals surface area (Å²) in [6.45, 7) is 6.01. The lowest BCUT2D eigenvalue weighted by molar-refractivity contribution is -0.139. The Bertz CT molecular complexity index is 1320. The van der Waals surface area contributed by atoms with Crippen molar-refractivity contribution in [1.82, 2.24) is 10.1 Å². The number of aromatic amines is 1. The van der Waals surface area contributed by atoms with E-state index >= 15 is 0 Å². The lowest BCUT2D eigenvalue weighted by Crippen LogP contribution is -2.46. The van der Waals surface area contributed by atoms with Gasteiger partial charge in [0.1, 0.15) is 23.4 Å². The number of aromatic nitrogens is 1. The minimum absolute atomic E-state index is 0.178. The summed E-state index contributed by atoms with van der Waals surface area (Å²) in [5.41, 5.74) is 1.55. The van der Waals surface area contributed by atoms with Gasteiger partial charge in [-0.05, 0) is 52.8 Å². The van der Waals surface area contributed by atoms with Crippen molar-refractivity contribution >= 4 is 17.5 Å². The van der Waals surface area contributed by atoms with E-state index in [0.717, 1.165) is 5.56 Å². The van der Waals surface area contributed by atoms with Crippen molar-refractivity contribution in [2.75, 3.05) is 19.0 Å². The average Bonchev–Trinajstić information content (AvgIpc) is 3.21. The van der Waals surface area contributed by atoms with Gasteiger partial charge in [0.2, 0.25) is 5.91 Å². The Morgan fingerprint density at radius 3 is 2.60 bits per heavy atom. The number of H-pyrrole nitrogens is 1. The van der Waals surface area contributed by atoms with Gasteiger partial charge < -0.3 is 19.5 Å². The minimum Gasteiger partial charge on any atom is -0.497 e. The molecule has 1 aromatic heterocycles. The molecule has 1 atom stereocenters. The van der Waals surface area contributed by atoms with Crippen LogP contribution in [0.1, 0.15) is 49.3 Å². The summed E-state index contributed by atoms with van der Waals surface area (Å²) in [6, 6.07) is 10.2. The van der Waals surface area contributed by atoms with Crippen molar-refractivity contribution < 1.29 is 23.2 Å². The molecule has 2 heterocycles. The first kappa shape index (κ1) is 24.3. The molecule has 35 heavy (non-hydrogen) atoms.